The second kappa shape index (κ2) is 3.79. The highest BCUT2D eigenvalue weighted by atomic mass is 19.2. The number of benzene rings is 1. The Hall–Kier alpha value is -1.73. The fraction of sp³-hybridized carbons (Fsp3) is 0.143. The van der Waals surface area contributed by atoms with E-state index in [-0.39, 0.29) is 0 Å². The molecule has 0 aliphatic carbocycles. The van der Waals surface area contributed by atoms with Crippen LogP contribution >= 0.6 is 0 Å². The third-order valence-corrected chi connectivity index (χ3v) is 1.59. The van der Waals surface area contributed by atoms with Crippen molar-refractivity contribution in [3.63, 3.8) is 0 Å². The number of nitro groups is 1. The molecule has 0 fully saturated rings. The highest BCUT2D eigenvalue weighted by molar-refractivity contribution is 5.23. The summed E-state index contributed by atoms with van der Waals surface area (Å²) in [5.74, 6) is -11.1. The molecule has 1 rings (SSSR count). The van der Waals surface area contributed by atoms with Crippen LogP contribution in [0.2, 0.25) is 0 Å². The van der Waals surface area contributed by atoms with Crippen LogP contribution in [-0.4, -0.2) is 4.92 Å². The molecule has 15 heavy (non-hydrogen) atoms. The van der Waals surface area contributed by atoms with Crippen molar-refractivity contribution in [3.8, 4) is 0 Å². The fourth-order valence-corrected chi connectivity index (χ4v) is 0.918. The van der Waals surface area contributed by atoms with Gasteiger partial charge in [0.2, 0.25) is 12.4 Å². The Balaban J connectivity index is 3.45. The third kappa shape index (κ3) is 1.88. The van der Waals surface area contributed by atoms with E-state index in [1.54, 1.807) is 0 Å². The van der Waals surface area contributed by atoms with Gasteiger partial charge in [0.05, 0.1) is 0 Å². The number of rotatable bonds is 2. The molecule has 0 unspecified atom stereocenters. The molecule has 0 aromatic heterocycles. The molecule has 0 amide bonds. The standard InChI is InChI=1S/C7H2F5NO2/c8-3-2(1-13(14)15)4(9)6(11)7(12)5(3)10/h1H2. The molecular weight excluding hydrogens is 225 g/mol. The van der Waals surface area contributed by atoms with E-state index in [1.807, 2.05) is 0 Å². The molecule has 8 heteroatoms. The van der Waals surface area contributed by atoms with Gasteiger partial charge in [-0.3, -0.25) is 10.1 Å². The third-order valence-electron chi connectivity index (χ3n) is 1.59. The fourth-order valence-electron chi connectivity index (χ4n) is 0.918. The van der Waals surface area contributed by atoms with Gasteiger partial charge in [-0.15, -0.1) is 0 Å². The van der Waals surface area contributed by atoms with Crippen LogP contribution in [0.5, 0.6) is 0 Å². The van der Waals surface area contributed by atoms with Crippen LogP contribution in [-0.2, 0) is 6.54 Å². The predicted octanol–water partition coefficient (Wildman–Crippen LogP) is 2.16. The van der Waals surface area contributed by atoms with E-state index in [1.165, 1.54) is 0 Å². The molecule has 0 radical (unpaired) electrons. The van der Waals surface area contributed by atoms with Gasteiger partial charge >= 0.3 is 0 Å². The zero-order valence-corrected chi connectivity index (χ0v) is 6.86. The van der Waals surface area contributed by atoms with Gasteiger partial charge in [0, 0.05) is 4.92 Å². The molecule has 0 aliphatic rings. The van der Waals surface area contributed by atoms with Crippen molar-refractivity contribution in [2.45, 2.75) is 6.54 Å². The number of hydrogen-bond donors (Lipinski definition) is 0. The van der Waals surface area contributed by atoms with Crippen LogP contribution in [0.4, 0.5) is 22.0 Å². The molecule has 1 aromatic rings. The number of nitrogens with zero attached hydrogens (tertiary/aromatic N) is 1. The lowest BCUT2D eigenvalue weighted by Gasteiger charge is -2.03. The van der Waals surface area contributed by atoms with E-state index in [0.717, 1.165) is 0 Å². The monoisotopic (exact) mass is 227 g/mol. The molecule has 0 saturated heterocycles. The summed E-state index contributed by atoms with van der Waals surface area (Å²) in [5.41, 5.74) is -1.45. The molecule has 0 spiro atoms. The second-order valence-electron chi connectivity index (χ2n) is 2.54. The SMILES string of the molecule is O=[N+]([O-])Cc1c(F)c(F)c(F)c(F)c1F. The molecule has 82 valence electrons. The number of halogens is 5. The maximum Gasteiger partial charge on any atom is 0.234 e. The summed E-state index contributed by atoms with van der Waals surface area (Å²) in [6, 6.07) is 0. The molecule has 0 saturated carbocycles. The van der Waals surface area contributed by atoms with Crippen LogP contribution < -0.4 is 0 Å². The zero-order chi connectivity index (χ0) is 11.7. The Kier molecular flexibility index (Phi) is 2.87. The zero-order valence-electron chi connectivity index (χ0n) is 6.86. The Morgan fingerprint density at radius 1 is 0.867 bits per heavy atom. The molecule has 3 nitrogen and oxygen atoms in total. The van der Waals surface area contributed by atoms with Gasteiger partial charge in [0.25, 0.3) is 0 Å². The van der Waals surface area contributed by atoms with Crippen molar-refractivity contribution in [2.24, 2.45) is 0 Å². The van der Waals surface area contributed by atoms with Crippen LogP contribution in [0.1, 0.15) is 5.56 Å². The molecule has 0 aliphatic heterocycles. The van der Waals surface area contributed by atoms with Crippen molar-refractivity contribution >= 4 is 0 Å². The van der Waals surface area contributed by atoms with Crippen molar-refractivity contribution in [3.05, 3.63) is 44.8 Å². The summed E-state index contributed by atoms with van der Waals surface area (Å²) < 4.78 is 62.9. The maximum absolute atomic E-state index is 12.7. The van der Waals surface area contributed by atoms with Crippen molar-refractivity contribution in [1.82, 2.24) is 0 Å². The predicted molar refractivity (Wildman–Crippen MR) is 36.9 cm³/mol. The molecule has 0 heterocycles. The average molecular weight is 227 g/mol. The molecule has 0 N–H and O–H groups in total. The summed E-state index contributed by atoms with van der Waals surface area (Å²) in [7, 11) is 0. The average Bonchev–Trinajstić information content (AvgIpc) is 2.18. The van der Waals surface area contributed by atoms with Crippen LogP contribution in [0.3, 0.4) is 0 Å². The minimum Gasteiger partial charge on any atom is -0.264 e. The summed E-state index contributed by atoms with van der Waals surface area (Å²) in [6.07, 6.45) is 0. The van der Waals surface area contributed by atoms with Crippen LogP contribution in [0.25, 0.3) is 0 Å². The quantitative estimate of drug-likeness (QED) is 0.255. The lowest BCUT2D eigenvalue weighted by molar-refractivity contribution is -0.497. The Morgan fingerprint density at radius 2 is 1.20 bits per heavy atom. The Morgan fingerprint density at radius 3 is 1.53 bits per heavy atom. The van der Waals surface area contributed by atoms with Gasteiger partial charge in [-0.25, -0.2) is 22.0 Å². The van der Waals surface area contributed by atoms with Crippen LogP contribution in [0.15, 0.2) is 0 Å². The Bertz CT molecular complexity index is 405. The van der Waals surface area contributed by atoms with E-state index in [4.69, 9.17) is 0 Å². The molecule has 0 bridgehead atoms. The molecule has 0 atom stereocenters. The van der Waals surface area contributed by atoms with Gasteiger partial charge in [0.1, 0.15) is 5.56 Å². The lowest BCUT2D eigenvalue weighted by Crippen LogP contribution is -2.10. The minimum atomic E-state index is -2.34. The van der Waals surface area contributed by atoms with E-state index >= 15 is 0 Å². The summed E-state index contributed by atoms with van der Waals surface area (Å²) in [5, 5.41) is 9.91. The largest absolute Gasteiger partial charge is 0.264 e. The Labute approximate surface area is 79.3 Å². The topological polar surface area (TPSA) is 43.1 Å². The highest BCUT2D eigenvalue weighted by Gasteiger charge is 2.27. The first-order chi connectivity index (χ1) is 6.86. The smallest absolute Gasteiger partial charge is 0.234 e. The van der Waals surface area contributed by atoms with Gasteiger partial charge in [-0.2, -0.15) is 0 Å². The second-order valence-corrected chi connectivity index (χ2v) is 2.54. The summed E-state index contributed by atoms with van der Waals surface area (Å²) in [4.78, 5) is 8.72. The summed E-state index contributed by atoms with van der Waals surface area (Å²) >= 11 is 0. The van der Waals surface area contributed by atoms with Gasteiger partial charge in [-0.05, 0) is 0 Å². The van der Waals surface area contributed by atoms with Crippen molar-refractivity contribution in [2.75, 3.05) is 0 Å². The minimum absolute atomic E-state index is 1.20. The molecular formula is C7H2F5NO2. The first-order valence-electron chi connectivity index (χ1n) is 3.48. The van der Waals surface area contributed by atoms with E-state index < -0.39 is 46.1 Å². The van der Waals surface area contributed by atoms with Crippen molar-refractivity contribution in [1.29, 1.82) is 0 Å². The van der Waals surface area contributed by atoms with E-state index in [2.05, 4.69) is 0 Å². The first-order valence-corrected chi connectivity index (χ1v) is 3.48. The normalized spacial score (nSPS) is 10.5. The van der Waals surface area contributed by atoms with E-state index in [9.17, 15) is 32.1 Å². The first kappa shape index (κ1) is 11.3. The molecule has 1 aromatic carbocycles. The lowest BCUT2D eigenvalue weighted by atomic mass is 10.1. The van der Waals surface area contributed by atoms with Gasteiger partial charge < -0.3 is 0 Å². The van der Waals surface area contributed by atoms with E-state index in [0.29, 0.717) is 0 Å². The number of hydrogen-bond acceptors (Lipinski definition) is 2. The van der Waals surface area contributed by atoms with Gasteiger partial charge in [0.15, 0.2) is 23.3 Å². The van der Waals surface area contributed by atoms with Crippen molar-refractivity contribution < 1.29 is 26.9 Å². The van der Waals surface area contributed by atoms with Crippen LogP contribution in [0, 0.1) is 39.2 Å². The highest BCUT2D eigenvalue weighted by Crippen LogP contribution is 2.23. The van der Waals surface area contributed by atoms with Gasteiger partial charge in [-0.1, -0.05) is 0 Å². The maximum atomic E-state index is 12.7. The summed E-state index contributed by atoms with van der Waals surface area (Å²) in [6.45, 7) is -1.47.